The Bertz CT molecular complexity index is 936. The van der Waals surface area contributed by atoms with Crippen LogP contribution in [0.15, 0.2) is 24.3 Å². The topological polar surface area (TPSA) is 124 Å². The molecule has 4 rings (SSSR count). The molecule has 158 valence electrons. The number of esters is 1. The van der Waals surface area contributed by atoms with Crippen LogP contribution in [0.5, 0.6) is 0 Å². The fourth-order valence-electron chi connectivity index (χ4n) is 4.76. The number of carbonyl (C=O) groups excluding carboxylic acids is 4. The largest absolute Gasteiger partial charge is 0.456 e. The standard InChI is InChI=1S/C19H16Br2N2O7/c20-16-10-5-11(17(16)21)15-14(10)18(26)22(19(15)27)6-13(25)30-7-12(24)8-2-1-3-9(4-8)23(28)29/h1-4,10-11,14-17H,5-7H2/t10-,11-,14-,15+,16-,17+/m1/s1. The number of ketones is 1. The van der Waals surface area contributed by atoms with E-state index in [0.29, 0.717) is 0 Å². The summed E-state index contributed by atoms with van der Waals surface area (Å²) in [5.41, 5.74) is -0.222. The van der Waals surface area contributed by atoms with Crippen LogP contribution < -0.4 is 0 Å². The molecule has 30 heavy (non-hydrogen) atoms. The molecule has 1 aromatic rings. The van der Waals surface area contributed by atoms with E-state index in [4.69, 9.17) is 4.74 Å². The van der Waals surface area contributed by atoms with Crippen molar-refractivity contribution in [3.8, 4) is 0 Å². The van der Waals surface area contributed by atoms with E-state index in [-0.39, 0.29) is 44.6 Å². The van der Waals surface area contributed by atoms with Crippen LogP contribution in [0.3, 0.4) is 0 Å². The van der Waals surface area contributed by atoms with Crippen molar-refractivity contribution in [3.05, 3.63) is 39.9 Å². The highest BCUT2D eigenvalue weighted by Gasteiger charge is 2.66. The lowest BCUT2D eigenvalue weighted by Crippen LogP contribution is -2.38. The fraction of sp³-hybridized carbons (Fsp3) is 0.474. The third kappa shape index (κ3) is 3.37. The zero-order chi connectivity index (χ0) is 21.7. The number of nitro groups is 1. The summed E-state index contributed by atoms with van der Waals surface area (Å²) >= 11 is 7.18. The molecule has 1 aromatic carbocycles. The highest BCUT2D eigenvalue weighted by Crippen LogP contribution is 2.60. The SMILES string of the molecule is O=C(CN1C(=O)[C@@H]2[C@H]3C[C@@H]([C@H](Br)[C@@H]3Br)[C@@H]2C1=O)OCC(=O)c1cccc([N+](=O)[O-])c1. The molecule has 2 amide bonds. The summed E-state index contributed by atoms with van der Waals surface area (Å²) in [7, 11) is 0. The number of imide groups is 1. The van der Waals surface area contributed by atoms with Gasteiger partial charge in [-0.1, -0.05) is 44.0 Å². The average Bonchev–Trinajstić information content (AvgIpc) is 3.33. The van der Waals surface area contributed by atoms with Gasteiger partial charge in [-0.25, -0.2) is 0 Å². The van der Waals surface area contributed by atoms with Gasteiger partial charge in [-0.3, -0.25) is 34.2 Å². The van der Waals surface area contributed by atoms with E-state index in [9.17, 15) is 29.3 Å². The summed E-state index contributed by atoms with van der Waals surface area (Å²) in [5.74, 6) is -3.03. The predicted molar refractivity (Wildman–Crippen MR) is 109 cm³/mol. The molecular formula is C19H16Br2N2O7. The molecule has 0 N–H and O–H groups in total. The van der Waals surface area contributed by atoms with Crippen LogP contribution in [0.1, 0.15) is 16.8 Å². The summed E-state index contributed by atoms with van der Waals surface area (Å²) < 4.78 is 4.93. The monoisotopic (exact) mass is 542 g/mol. The minimum atomic E-state index is -0.881. The van der Waals surface area contributed by atoms with Gasteiger partial charge in [-0.05, 0) is 18.3 Å². The first-order valence-electron chi connectivity index (χ1n) is 9.27. The van der Waals surface area contributed by atoms with Crippen LogP contribution in [-0.4, -0.2) is 56.2 Å². The minimum absolute atomic E-state index is 0.0307. The van der Waals surface area contributed by atoms with E-state index < -0.39 is 41.7 Å². The lowest BCUT2D eigenvalue weighted by Gasteiger charge is -2.28. The Morgan fingerprint density at radius 1 is 1.13 bits per heavy atom. The van der Waals surface area contributed by atoms with E-state index in [0.717, 1.165) is 17.4 Å². The number of carbonyl (C=O) groups is 4. The smallest absolute Gasteiger partial charge is 0.326 e. The van der Waals surface area contributed by atoms with Gasteiger partial charge in [0.25, 0.3) is 5.69 Å². The summed E-state index contributed by atoms with van der Waals surface area (Å²) in [4.78, 5) is 61.2. The number of alkyl halides is 2. The highest BCUT2D eigenvalue weighted by molar-refractivity contribution is 9.12. The molecule has 3 aliphatic rings. The molecule has 9 nitrogen and oxygen atoms in total. The maximum Gasteiger partial charge on any atom is 0.326 e. The first kappa shape index (κ1) is 21.1. The number of fused-ring (bicyclic) bond motifs is 5. The number of non-ortho nitro benzene ring substituents is 1. The first-order valence-corrected chi connectivity index (χ1v) is 11.1. The van der Waals surface area contributed by atoms with Crippen LogP contribution in [-0.2, 0) is 19.1 Å². The van der Waals surface area contributed by atoms with Crippen molar-refractivity contribution in [2.75, 3.05) is 13.2 Å². The second kappa shape index (κ2) is 7.84. The molecule has 2 aliphatic carbocycles. The van der Waals surface area contributed by atoms with Crippen LogP contribution >= 0.6 is 31.9 Å². The van der Waals surface area contributed by atoms with Gasteiger partial charge in [-0.15, -0.1) is 0 Å². The summed E-state index contributed by atoms with van der Waals surface area (Å²) in [6, 6.07) is 5.07. The Morgan fingerprint density at radius 2 is 1.73 bits per heavy atom. The molecule has 2 saturated carbocycles. The van der Waals surface area contributed by atoms with E-state index >= 15 is 0 Å². The Hall–Kier alpha value is -2.14. The van der Waals surface area contributed by atoms with Crippen molar-refractivity contribution in [3.63, 3.8) is 0 Å². The molecule has 0 aromatic heterocycles. The van der Waals surface area contributed by atoms with E-state index in [1.54, 1.807) is 0 Å². The summed E-state index contributed by atoms with van der Waals surface area (Å²) in [6.45, 7) is -1.19. The van der Waals surface area contributed by atoms with Gasteiger partial charge in [-0.2, -0.15) is 0 Å². The third-order valence-electron chi connectivity index (χ3n) is 6.11. The van der Waals surface area contributed by atoms with Crippen LogP contribution in [0, 0.1) is 33.8 Å². The number of amides is 2. The van der Waals surface area contributed by atoms with Gasteiger partial charge in [0.2, 0.25) is 17.6 Å². The van der Waals surface area contributed by atoms with Crippen molar-refractivity contribution in [2.24, 2.45) is 23.7 Å². The van der Waals surface area contributed by atoms with Gasteiger partial charge in [0.1, 0.15) is 6.54 Å². The van der Waals surface area contributed by atoms with Crippen LogP contribution in [0.25, 0.3) is 0 Å². The molecule has 0 radical (unpaired) electrons. The molecule has 3 fully saturated rings. The normalized spacial score (nSPS) is 31.7. The zero-order valence-corrected chi connectivity index (χ0v) is 18.6. The molecular weight excluding hydrogens is 528 g/mol. The molecule has 6 atom stereocenters. The van der Waals surface area contributed by atoms with Crippen LogP contribution in [0.4, 0.5) is 5.69 Å². The minimum Gasteiger partial charge on any atom is -0.456 e. The van der Waals surface area contributed by atoms with Gasteiger partial charge in [0.15, 0.2) is 6.61 Å². The van der Waals surface area contributed by atoms with Gasteiger partial charge in [0, 0.05) is 27.4 Å². The van der Waals surface area contributed by atoms with Crippen molar-refractivity contribution >= 4 is 61.1 Å². The number of nitro benzene ring substituents is 1. The number of rotatable bonds is 6. The summed E-state index contributed by atoms with van der Waals surface area (Å²) in [6.07, 6.45) is 0.786. The van der Waals surface area contributed by atoms with E-state index in [1.165, 1.54) is 18.2 Å². The Morgan fingerprint density at radius 3 is 2.30 bits per heavy atom. The second-order valence-corrected chi connectivity index (χ2v) is 9.77. The molecule has 0 spiro atoms. The predicted octanol–water partition coefficient (Wildman–Crippen LogP) is 2.10. The number of nitrogens with zero attached hydrogens (tertiary/aromatic N) is 2. The number of likely N-dealkylation sites (tertiary alicyclic amines) is 1. The lowest BCUT2D eigenvalue weighted by molar-refractivity contribution is -0.384. The van der Waals surface area contributed by atoms with Crippen molar-refractivity contribution in [1.29, 1.82) is 0 Å². The molecule has 11 heteroatoms. The molecule has 1 heterocycles. The molecule has 1 saturated heterocycles. The molecule has 2 bridgehead atoms. The average molecular weight is 544 g/mol. The van der Waals surface area contributed by atoms with Gasteiger partial charge in [0.05, 0.1) is 16.8 Å². The number of ether oxygens (including phenoxy) is 1. The Kier molecular flexibility index (Phi) is 5.52. The number of Topliss-reactive ketones (excluding diaryl/α,β-unsaturated/α-hetero) is 1. The number of benzene rings is 1. The quantitative estimate of drug-likeness (QED) is 0.134. The second-order valence-electron chi connectivity index (χ2n) is 7.66. The maximum absolute atomic E-state index is 12.8. The lowest BCUT2D eigenvalue weighted by atomic mass is 9.81. The Balaban J connectivity index is 1.36. The number of hydrogen-bond donors (Lipinski definition) is 0. The molecule has 1 aliphatic heterocycles. The third-order valence-corrected chi connectivity index (χ3v) is 9.32. The highest BCUT2D eigenvalue weighted by atomic mass is 79.9. The van der Waals surface area contributed by atoms with E-state index in [2.05, 4.69) is 31.9 Å². The van der Waals surface area contributed by atoms with Crippen molar-refractivity contribution in [2.45, 2.75) is 16.1 Å². The number of hydrogen-bond acceptors (Lipinski definition) is 7. The van der Waals surface area contributed by atoms with Gasteiger partial charge < -0.3 is 4.74 Å². The number of halogens is 2. The van der Waals surface area contributed by atoms with E-state index in [1.807, 2.05) is 0 Å². The van der Waals surface area contributed by atoms with Gasteiger partial charge >= 0.3 is 5.97 Å². The van der Waals surface area contributed by atoms with Crippen LogP contribution in [0.2, 0.25) is 0 Å². The van der Waals surface area contributed by atoms with Crippen molar-refractivity contribution in [1.82, 2.24) is 4.90 Å². The Labute approximate surface area is 187 Å². The summed E-state index contributed by atoms with van der Waals surface area (Å²) in [5, 5.41) is 10.8. The zero-order valence-electron chi connectivity index (χ0n) is 15.4. The first-order chi connectivity index (χ1) is 14.2. The fourth-order valence-corrected chi connectivity index (χ4v) is 6.64. The maximum atomic E-state index is 12.8. The molecule has 0 unspecified atom stereocenters. The van der Waals surface area contributed by atoms with Crippen molar-refractivity contribution < 1.29 is 28.8 Å².